The van der Waals surface area contributed by atoms with E-state index in [9.17, 15) is 5.11 Å². The molecule has 1 aliphatic rings. The van der Waals surface area contributed by atoms with Crippen LogP contribution in [0.15, 0.2) is 42.5 Å². The molecule has 0 radical (unpaired) electrons. The highest BCUT2D eigenvalue weighted by atomic mass is 16.5. The Labute approximate surface area is 126 Å². The van der Waals surface area contributed by atoms with Gasteiger partial charge in [-0.15, -0.1) is 0 Å². The second-order valence-corrected chi connectivity index (χ2v) is 5.98. The van der Waals surface area contributed by atoms with E-state index >= 15 is 0 Å². The van der Waals surface area contributed by atoms with Crippen molar-refractivity contribution < 1.29 is 9.84 Å². The Morgan fingerprint density at radius 2 is 2.00 bits per heavy atom. The summed E-state index contributed by atoms with van der Waals surface area (Å²) in [5.74, 6) is 1.34. The molecule has 2 aromatic rings. The van der Waals surface area contributed by atoms with Gasteiger partial charge in [-0.1, -0.05) is 42.0 Å². The molecule has 110 valence electrons. The average molecular weight is 282 g/mol. The molecule has 2 heteroatoms. The number of ether oxygens (including phenoxy) is 1. The number of hydrogen-bond donors (Lipinski definition) is 1. The van der Waals surface area contributed by atoms with Crippen LogP contribution < -0.4 is 4.74 Å². The van der Waals surface area contributed by atoms with E-state index in [1.807, 2.05) is 18.2 Å². The Kier molecular flexibility index (Phi) is 3.98. The van der Waals surface area contributed by atoms with E-state index in [1.54, 1.807) is 0 Å². The van der Waals surface area contributed by atoms with Gasteiger partial charge in [0.2, 0.25) is 0 Å². The minimum absolute atomic E-state index is 0.366. The van der Waals surface area contributed by atoms with Gasteiger partial charge < -0.3 is 9.84 Å². The van der Waals surface area contributed by atoms with Crippen LogP contribution in [0.2, 0.25) is 0 Å². The number of aryl methyl sites for hydroxylation is 2. The van der Waals surface area contributed by atoms with E-state index < -0.39 is 6.10 Å². The lowest BCUT2D eigenvalue weighted by Crippen LogP contribution is -2.16. The molecule has 0 bridgehead atoms. The number of aliphatic hydroxyl groups excluding tert-OH is 1. The molecule has 1 N–H and O–H groups in total. The number of para-hydroxylation sites is 1. The van der Waals surface area contributed by atoms with Crippen LogP contribution in [0.25, 0.3) is 0 Å². The zero-order valence-corrected chi connectivity index (χ0v) is 12.7. The largest absolute Gasteiger partial charge is 0.493 e. The van der Waals surface area contributed by atoms with Crippen molar-refractivity contribution in [1.82, 2.24) is 0 Å². The molecule has 2 unspecified atom stereocenters. The summed E-state index contributed by atoms with van der Waals surface area (Å²) in [6.45, 7) is 4.87. The topological polar surface area (TPSA) is 29.5 Å². The fourth-order valence-electron chi connectivity index (χ4n) is 3.18. The molecule has 2 atom stereocenters. The number of benzene rings is 2. The fraction of sp³-hybridized carbons (Fsp3) is 0.368. The number of rotatable bonds is 3. The summed E-state index contributed by atoms with van der Waals surface area (Å²) in [6, 6.07) is 14.5. The number of fused-ring (bicyclic) bond motifs is 1. The van der Waals surface area contributed by atoms with Gasteiger partial charge in [0.1, 0.15) is 5.75 Å². The smallest absolute Gasteiger partial charge is 0.122 e. The highest BCUT2D eigenvalue weighted by molar-refractivity contribution is 5.38. The minimum Gasteiger partial charge on any atom is -0.493 e. The summed E-state index contributed by atoms with van der Waals surface area (Å²) in [7, 11) is 0. The summed E-state index contributed by atoms with van der Waals surface area (Å²) in [6.07, 6.45) is 1.31. The van der Waals surface area contributed by atoms with Crippen LogP contribution >= 0.6 is 0 Å². The van der Waals surface area contributed by atoms with Gasteiger partial charge in [0, 0.05) is 0 Å². The van der Waals surface area contributed by atoms with Gasteiger partial charge in [-0.05, 0) is 55.4 Å². The van der Waals surface area contributed by atoms with Crippen LogP contribution in [0.4, 0.5) is 0 Å². The number of aliphatic hydroxyl groups is 1. The zero-order valence-electron chi connectivity index (χ0n) is 12.7. The van der Waals surface area contributed by atoms with E-state index in [2.05, 4.69) is 38.1 Å². The normalized spacial score (nSPS) is 18.7. The van der Waals surface area contributed by atoms with Crippen molar-refractivity contribution in [2.45, 2.75) is 38.7 Å². The van der Waals surface area contributed by atoms with Crippen LogP contribution in [0, 0.1) is 13.8 Å². The summed E-state index contributed by atoms with van der Waals surface area (Å²) in [4.78, 5) is 0. The summed E-state index contributed by atoms with van der Waals surface area (Å²) in [5, 5.41) is 10.7. The highest BCUT2D eigenvalue weighted by Gasteiger charge is 2.24. The lowest BCUT2D eigenvalue weighted by Gasteiger charge is -2.28. The zero-order chi connectivity index (χ0) is 14.8. The van der Waals surface area contributed by atoms with Crippen molar-refractivity contribution in [3.05, 3.63) is 64.7 Å². The van der Waals surface area contributed by atoms with Crippen molar-refractivity contribution in [2.75, 3.05) is 6.61 Å². The van der Waals surface area contributed by atoms with Crippen molar-refractivity contribution in [1.29, 1.82) is 0 Å². The third kappa shape index (κ3) is 2.96. The predicted octanol–water partition coefficient (Wildman–Crippen LogP) is 4.29. The molecule has 3 rings (SSSR count). The molecule has 2 aromatic carbocycles. The van der Waals surface area contributed by atoms with Crippen LogP contribution in [0.1, 0.15) is 47.1 Å². The van der Waals surface area contributed by atoms with Crippen molar-refractivity contribution in [3.8, 4) is 5.75 Å². The second kappa shape index (κ2) is 5.90. The standard InChI is InChI=1S/C19H22O2/c1-13-7-8-14(2)17(11-13)18(20)12-15-9-10-21-19-6-4-3-5-16(15)19/h3-8,11,15,18,20H,9-10,12H2,1-2H3. The maximum Gasteiger partial charge on any atom is 0.122 e. The first-order valence-corrected chi connectivity index (χ1v) is 7.62. The molecular formula is C19H22O2. The molecule has 0 fully saturated rings. The van der Waals surface area contributed by atoms with E-state index in [0.29, 0.717) is 5.92 Å². The number of hydrogen-bond acceptors (Lipinski definition) is 2. The molecule has 0 amide bonds. The summed E-state index contributed by atoms with van der Waals surface area (Å²) in [5.41, 5.74) is 4.64. The van der Waals surface area contributed by atoms with E-state index in [4.69, 9.17) is 4.74 Å². The predicted molar refractivity (Wildman–Crippen MR) is 84.8 cm³/mol. The van der Waals surface area contributed by atoms with Crippen molar-refractivity contribution in [3.63, 3.8) is 0 Å². The Bertz CT molecular complexity index is 633. The van der Waals surface area contributed by atoms with Crippen LogP contribution in [-0.2, 0) is 0 Å². The molecule has 0 saturated carbocycles. The van der Waals surface area contributed by atoms with E-state index in [-0.39, 0.29) is 0 Å². The van der Waals surface area contributed by atoms with Gasteiger partial charge in [-0.2, -0.15) is 0 Å². The Hall–Kier alpha value is -1.80. The van der Waals surface area contributed by atoms with Gasteiger partial charge >= 0.3 is 0 Å². The monoisotopic (exact) mass is 282 g/mol. The van der Waals surface area contributed by atoms with Gasteiger partial charge in [-0.3, -0.25) is 0 Å². The highest BCUT2D eigenvalue weighted by Crippen LogP contribution is 2.39. The van der Waals surface area contributed by atoms with Crippen molar-refractivity contribution in [2.24, 2.45) is 0 Å². The molecule has 0 aliphatic carbocycles. The molecule has 1 heterocycles. The molecule has 2 nitrogen and oxygen atoms in total. The molecule has 21 heavy (non-hydrogen) atoms. The van der Waals surface area contributed by atoms with Crippen LogP contribution in [-0.4, -0.2) is 11.7 Å². The third-order valence-electron chi connectivity index (χ3n) is 4.38. The Balaban J connectivity index is 1.82. The molecular weight excluding hydrogens is 260 g/mol. The second-order valence-electron chi connectivity index (χ2n) is 5.98. The van der Waals surface area contributed by atoms with E-state index in [0.717, 1.165) is 36.3 Å². The van der Waals surface area contributed by atoms with Crippen LogP contribution in [0.5, 0.6) is 5.75 Å². The minimum atomic E-state index is -0.416. The van der Waals surface area contributed by atoms with Gasteiger partial charge in [0.15, 0.2) is 0 Å². The van der Waals surface area contributed by atoms with E-state index in [1.165, 1.54) is 11.1 Å². The summed E-state index contributed by atoms with van der Waals surface area (Å²) < 4.78 is 5.70. The third-order valence-corrected chi connectivity index (χ3v) is 4.38. The molecule has 0 aromatic heterocycles. The van der Waals surface area contributed by atoms with Gasteiger partial charge in [-0.25, -0.2) is 0 Å². The van der Waals surface area contributed by atoms with Crippen molar-refractivity contribution >= 4 is 0 Å². The maximum atomic E-state index is 10.7. The lowest BCUT2D eigenvalue weighted by molar-refractivity contribution is 0.144. The molecule has 0 spiro atoms. The maximum absolute atomic E-state index is 10.7. The lowest BCUT2D eigenvalue weighted by atomic mass is 9.85. The first kappa shape index (κ1) is 14.2. The molecule has 0 saturated heterocycles. The Morgan fingerprint density at radius 3 is 2.86 bits per heavy atom. The van der Waals surface area contributed by atoms with Crippen LogP contribution in [0.3, 0.4) is 0 Å². The quantitative estimate of drug-likeness (QED) is 0.909. The molecule has 1 aliphatic heterocycles. The van der Waals surface area contributed by atoms with Gasteiger partial charge in [0.05, 0.1) is 12.7 Å². The SMILES string of the molecule is Cc1ccc(C)c(C(O)CC2CCOc3ccccc32)c1. The van der Waals surface area contributed by atoms with Gasteiger partial charge in [0.25, 0.3) is 0 Å². The first-order valence-electron chi connectivity index (χ1n) is 7.62. The summed E-state index contributed by atoms with van der Waals surface area (Å²) >= 11 is 0. The average Bonchev–Trinajstić information content (AvgIpc) is 2.50. The first-order chi connectivity index (χ1) is 10.1. The fourth-order valence-corrected chi connectivity index (χ4v) is 3.18. The Morgan fingerprint density at radius 1 is 1.19 bits per heavy atom.